The van der Waals surface area contributed by atoms with Crippen LogP contribution in [0.1, 0.15) is 26.2 Å². The van der Waals surface area contributed by atoms with Crippen LogP contribution in [0.15, 0.2) is 0 Å². The third-order valence-corrected chi connectivity index (χ3v) is 5.19. The highest BCUT2D eigenvalue weighted by Gasteiger charge is 2.36. The van der Waals surface area contributed by atoms with Crippen LogP contribution in [0, 0.1) is 11.8 Å². The van der Waals surface area contributed by atoms with Gasteiger partial charge in [-0.15, -0.1) is 0 Å². The van der Waals surface area contributed by atoms with Gasteiger partial charge in [-0.2, -0.15) is 0 Å². The predicted molar refractivity (Wildman–Crippen MR) is 71.2 cm³/mol. The minimum atomic E-state index is 0.761. The molecule has 17 heavy (non-hydrogen) atoms. The van der Waals surface area contributed by atoms with Crippen LogP contribution in [-0.2, 0) is 0 Å². The van der Waals surface area contributed by atoms with Crippen LogP contribution < -0.4 is 5.32 Å². The van der Waals surface area contributed by atoms with E-state index in [0.29, 0.717) is 0 Å². The molecule has 4 aliphatic heterocycles. The Kier molecular flexibility index (Phi) is 3.42. The van der Waals surface area contributed by atoms with Gasteiger partial charge < -0.3 is 15.1 Å². The summed E-state index contributed by atoms with van der Waals surface area (Å²) in [4.78, 5) is 5.12. The molecule has 0 aliphatic carbocycles. The highest BCUT2D eigenvalue weighted by molar-refractivity contribution is 4.94. The van der Waals surface area contributed by atoms with Crippen molar-refractivity contribution in [1.82, 2.24) is 15.1 Å². The summed E-state index contributed by atoms with van der Waals surface area (Å²) in [6.45, 7) is 8.96. The summed E-state index contributed by atoms with van der Waals surface area (Å²) in [7, 11) is 2.25. The van der Waals surface area contributed by atoms with E-state index in [2.05, 4.69) is 29.1 Å². The van der Waals surface area contributed by atoms with E-state index in [0.717, 1.165) is 23.9 Å². The average Bonchev–Trinajstić information content (AvgIpc) is 2.34. The number of likely N-dealkylation sites (tertiary alicyclic amines) is 1. The molecular formula is C14H27N3. The Hall–Kier alpha value is -0.120. The summed E-state index contributed by atoms with van der Waals surface area (Å²) in [5.74, 6) is 1.77. The molecule has 2 bridgehead atoms. The van der Waals surface area contributed by atoms with Gasteiger partial charge in [0, 0.05) is 25.2 Å². The first-order chi connectivity index (χ1) is 8.22. The Labute approximate surface area is 106 Å². The molecule has 3 heteroatoms. The first-order valence-electron chi connectivity index (χ1n) is 7.39. The fourth-order valence-electron chi connectivity index (χ4n) is 4.03. The van der Waals surface area contributed by atoms with Crippen molar-refractivity contribution in [3.05, 3.63) is 0 Å². The van der Waals surface area contributed by atoms with Crippen molar-refractivity contribution in [3.63, 3.8) is 0 Å². The summed E-state index contributed by atoms with van der Waals surface area (Å²) < 4.78 is 0. The highest BCUT2D eigenvalue weighted by atomic mass is 15.2. The van der Waals surface area contributed by atoms with E-state index in [1.807, 2.05) is 0 Å². The second-order valence-electron chi connectivity index (χ2n) is 6.55. The van der Waals surface area contributed by atoms with E-state index in [9.17, 15) is 0 Å². The lowest BCUT2D eigenvalue weighted by atomic mass is 9.82. The molecule has 3 atom stereocenters. The standard InChI is InChI=1S/C14H27N3/c1-11-9-16(2)6-5-13(11)15-14-10-17-7-3-12(14)4-8-17/h11-15H,3-10H2,1-2H3. The molecule has 0 amide bonds. The summed E-state index contributed by atoms with van der Waals surface area (Å²) in [6, 6.07) is 1.55. The second kappa shape index (κ2) is 4.87. The van der Waals surface area contributed by atoms with Crippen LogP contribution in [0.4, 0.5) is 0 Å². The van der Waals surface area contributed by atoms with Gasteiger partial charge in [0.05, 0.1) is 0 Å². The van der Waals surface area contributed by atoms with E-state index in [4.69, 9.17) is 0 Å². The second-order valence-corrected chi connectivity index (χ2v) is 6.55. The zero-order chi connectivity index (χ0) is 11.8. The maximum atomic E-state index is 3.99. The molecule has 4 fully saturated rings. The minimum Gasteiger partial charge on any atom is -0.309 e. The molecule has 3 unspecified atom stereocenters. The smallest absolute Gasteiger partial charge is 0.0226 e. The fraction of sp³-hybridized carbons (Fsp3) is 1.00. The minimum absolute atomic E-state index is 0.761. The predicted octanol–water partition coefficient (Wildman–Crippen LogP) is 1.01. The Morgan fingerprint density at radius 2 is 1.71 bits per heavy atom. The topological polar surface area (TPSA) is 18.5 Å². The van der Waals surface area contributed by atoms with Gasteiger partial charge in [0.1, 0.15) is 0 Å². The molecule has 4 heterocycles. The van der Waals surface area contributed by atoms with Crippen molar-refractivity contribution in [2.75, 3.05) is 39.8 Å². The monoisotopic (exact) mass is 237 g/mol. The molecule has 4 aliphatic rings. The molecule has 3 nitrogen and oxygen atoms in total. The van der Waals surface area contributed by atoms with E-state index >= 15 is 0 Å². The molecule has 0 aromatic rings. The van der Waals surface area contributed by atoms with Gasteiger partial charge in [0.25, 0.3) is 0 Å². The maximum absolute atomic E-state index is 3.99. The first kappa shape index (κ1) is 11.9. The lowest BCUT2D eigenvalue weighted by molar-refractivity contribution is 0.0537. The molecular weight excluding hydrogens is 210 g/mol. The van der Waals surface area contributed by atoms with Gasteiger partial charge in [-0.05, 0) is 57.8 Å². The van der Waals surface area contributed by atoms with E-state index in [1.54, 1.807) is 0 Å². The number of nitrogens with zero attached hydrogens (tertiary/aromatic N) is 2. The zero-order valence-corrected chi connectivity index (χ0v) is 11.4. The van der Waals surface area contributed by atoms with Crippen LogP contribution in [0.5, 0.6) is 0 Å². The number of rotatable bonds is 2. The number of fused-ring (bicyclic) bond motifs is 3. The van der Waals surface area contributed by atoms with E-state index in [1.165, 1.54) is 52.0 Å². The summed E-state index contributed by atoms with van der Waals surface area (Å²) in [5.41, 5.74) is 0. The Balaban J connectivity index is 1.56. The van der Waals surface area contributed by atoms with Gasteiger partial charge in [-0.25, -0.2) is 0 Å². The third-order valence-electron chi connectivity index (χ3n) is 5.19. The third kappa shape index (κ3) is 2.51. The van der Waals surface area contributed by atoms with Crippen LogP contribution in [0.2, 0.25) is 0 Å². The summed E-state index contributed by atoms with van der Waals surface area (Å²) in [6.07, 6.45) is 4.19. The van der Waals surface area contributed by atoms with Crippen LogP contribution in [0.3, 0.4) is 0 Å². The normalized spacial score (nSPS) is 47.3. The van der Waals surface area contributed by atoms with Crippen LogP contribution in [-0.4, -0.2) is 61.7 Å². The van der Waals surface area contributed by atoms with Gasteiger partial charge in [0.2, 0.25) is 0 Å². The molecule has 98 valence electrons. The van der Waals surface area contributed by atoms with Crippen molar-refractivity contribution in [2.24, 2.45) is 11.8 Å². The Morgan fingerprint density at radius 1 is 0.941 bits per heavy atom. The van der Waals surface area contributed by atoms with Crippen LogP contribution in [0.25, 0.3) is 0 Å². The molecule has 0 spiro atoms. The molecule has 4 saturated heterocycles. The lowest BCUT2D eigenvalue weighted by Crippen LogP contribution is -2.60. The average molecular weight is 237 g/mol. The quantitative estimate of drug-likeness (QED) is 0.773. The van der Waals surface area contributed by atoms with Crippen LogP contribution >= 0.6 is 0 Å². The van der Waals surface area contributed by atoms with E-state index < -0.39 is 0 Å². The van der Waals surface area contributed by atoms with Gasteiger partial charge >= 0.3 is 0 Å². The van der Waals surface area contributed by atoms with Crippen molar-refractivity contribution in [1.29, 1.82) is 0 Å². The Morgan fingerprint density at radius 3 is 2.29 bits per heavy atom. The molecule has 0 radical (unpaired) electrons. The zero-order valence-electron chi connectivity index (χ0n) is 11.4. The maximum Gasteiger partial charge on any atom is 0.0226 e. The van der Waals surface area contributed by atoms with Gasteiger partial charge in [-0.1, -0.05) is 6.92 Å². The van der Waals surface area contributed by atoms with E-state index in [-0.39, 0.29) is 0 Å². The summed E-state index contributed by atoms with van der Waals surface area (Å²) >= 11 is 0. The van der Waals surface area contributed by atoms with Crippen molar-refractivity contribution < 1.29 is 0 Å². The molecule has 0 aromatic heterocycles. The number of piperidine rings is 4. The number of hydrogen-bond acceptors (Lipinski definition) is 3. The number of nitrogens with one attached hydrogen (secondary N) is 1. The summed E-state index contributed by atoms with van der Waals surface area (Å²) in [5, 5.41) is 3.99. The van der Waals surface area contributed by atoms with Crippen molar-refractivity contribution in [3.8, 4) is 0 Å². The highest BCUT2D eigenvalue weighted by Crippen LogP contribution is 2.29. The van der Waals surface area contributed by atoms with Gasteiger partial charge in [0.15, 0.2) is 0 Å². The molecule has 0 saturated carbocycles. The lowest BCUT2D eigenvalue weighted by Gasteiger charge is -2.48. The Bertz CT molecular complexity index is 260. The van der Waals surface area contributed by atoms with Crippen molar-refractivity contribution >= 4 is 0 Å². The van der Waals surface area contributed by atoms with Gasteiger partial charge in [-0.3, -0.25) is 0 Å². The number of hydrogen-bond donors (Lipinski definition) is 1. The molecule has 0 aromatic carbocycles. The molecule has 4 rings (SSSR count). The molecule has 1 N–H and O–H groups in total. The largest absolute Gasteiger partial charge is 0.309 e. The first-order valence-corrected chi connectivity index (χ1v) is 7.39. The SMILES string of the molecule is CC1CN(C)CCC1NC1CN2CCC1CC2. The van der Waals surface area contributed by atoms with Crippen molar-refractivity contribution in [2.45, 2.75) is 38.3 Å². The fourth-order valence-corrected chi connectivity index (χ4v) is 4.03.